The molecule has 0 fully saturated rings. The highest BCUT2D eigenvalue weighted by molar-refractivity contribution is 5.99. The van der Waals surface area contributed by atoms with Gasteiger partial charge < -0.3 is 9.94 Å². The molecule has 0 spiro atoms. The van der Waals surface area contributed by atoms with E-state index in [9.17, 15) is 14.8 Å². The largest absolute Gasteiger partial charge is 0.595 e. The van der Waals surface area contributed by atoms with Crippen LogP contribution in [0.5, 0.6) is 0 Å². The Morgan fingerprint density at radius 3 is 2.19 bits per heavy atom. The van der Waals surface area contributed by atoms with Gasteiger partial charge in [-0.25, -0.2) is 10.0 Å². The summed E-state index contributed by atoms with van der Waals surface area (Å²) in [7, 11) is 0. The van der Waals surface area contributed by atoms with Crippen LogP contribution in [0.4, 0.5) is 5.69 Å². The van der Waals surface area contributed by atoms with Crippen LogP contribution in [-0.4, -0.2) is 23.6 Å². The molecule has 0 saturated carbocycles. The number of quaternary nitrogens is 1. The molecule has 108 valence electrons. The van der Waals surface area contributed by atoms with E-state index in [0.29, 0.717) is 11.1 Å². The number of carbonyl (C=O) groups is 2. The summed E-state index contributed by atoms with van der Waals surface area (Å²) >= 11 is 0. The van der Waals surface area contributed by atoms with Crippen LogP contribution in [0.2, 0.25) is 0 Å². The lowest BCUT2D eigenvalue weighted by molar-refractivity contribution is -0.991. The number of ketones is 1. The Morgan fingerprint density at radius 1 is 1.00 bits per heavy atom. The topological polar surface area (TPSA) is 91.1 Å². The summed E-state index contributed by atoms with van der Waals surface area (Å²) < 4.78 is 4.92. The number of benzene rings is 2. The van der Waals surface area contributed by atoms with Crippen LogP contribution < -0.4 is 5.23 Å². The fourth-order valence-electron chi connectivity index (χ4n) is 1.67. The molecule has 6 nitrogen and oxygen atoms in total. The summed E-state index contributed by atoms with van der Waals surface area (Å²) in [5, 5.41) is 18.4. The minimum absolute atomic E-state index is 0.0906. The Kier molecular flexibility index (Phi) is 4.78. The predicted octanol–water partition coefficient (Wildman–Crippen LogP) is 1.13. The van der Waals surface area contributed by atoms with Gasteiger partial charge in [0.2, 0.25) is 0 Å². The molecule has 0 heterocycles. The number of hydrogen-bond acceptors (Lipinski definition) is 5. The fraction of sp³-hybridized carbons (Fsp3) is 0.0667. The summed E-state index contributed by atoms with van der Waals surface area (Å²) in [6.45, 7) is -0.389. The Bertz CT molecular complexity index is 622. The van der Waals surface area contributed by atoms with Crippen molar-refractivity contribution in [2.45, 2.75) is 0 Å². The normalized spacial score (nSPS) is 11.7. The number of nitrogens with one attached hydrogen (secondary N) is 1. The van der Waals surface area contributed by atoms with E-state index in [2.05, 4.69) is 0 Å². The zero-order chi connectivity index (χ0) is 15.2. The zero-order valence-corrected chi connectivity index (χ0v) is 11.0. The first kappa shape index (κ1) is 14.9. The third kappa shape index (κ3) is 3.96. The van der Waals surface area contributed by atoms with Gasteiger partial charge in [0, 0.05) is 17.7 Å². The average Bonchev–Trinajstić information content (AvgIpc) is 2.53. The van der Waals surface area contributed by atoms with Crippen molar-refractivity contribution in [3.05, 3.63) is 70.9 Å². The highest BCUT2D eigenvalue weighted by atomic mass is 16.8. The summed E-state index contributed by atoms with van der Waals surface area (Å²) in [5.41, 5.74) is 0.750. The molecule has 0 aliphatic rings. The van der Waals surface area contributed by atoms with Gasteiger partial charge in [0.05, 0.1) is 5.56 Å². The molecular weight excluding hydrogens is 274 g/mol. The van der Waals surface area contributed by atoms with Crippen LogP contribution >= 0.6 is 0 Å². The van der Waals surface area contributed by atoms with Crippen molar-refractivity contribution >= 4 is 17.4 Å². The van der Waals surface area contributed by atoms with Crippen LogP contribution in [0.3, 0.4) is 0 Å². The second-order valence-electron chi connectivity index (χ2n) is 4.25. The number of ether oxygens (including phenoxy) is 1. The van der Waals surface area contributed by atoms with E-state index in [-0.39, 0.29) is 12.3 Å². The maximum atomic E-state index is 11.8. The number of Topliss-reactive ketones (excluding diaryl/α,β-unsaturated/α-hetero) is 1. The SMILES string of the molecule is O=C(COC(=O)c1ccccc1)c1ccc([NH+]([O-])O)cc1. The Balaban J connectivity index is 1.94. The van der Waals surface area contributed by atoms with Crippen molar-refractivity contribution in [2.75, 3.05) is 6.61 Å². The molecule has 2 aromatic carbocycles. The molecule has 2 rings (SSSR count). The average molecular weight is 287 g/mol. The lowest BCUT2D eigenvalue weighted by Gasteiger charge is -2.11. The van der Waals surface area contributed by atoms with Gasteiger partial charge in [0.15, 0.2) is 18.1 Å². The van der Waals surface area contributed by atoms with Gasteiger partial charge in [-0.05, 0) is 24.3 Å². The smallest absolute Gasteiger partial charge is 0.338 e. The third-order valence-corrected chi connectivity index (χ3v) is 2.80. The van der Waals surface area contributed by atoms with E-state index in [4.69, 9.17) is 9.94 Å². The third-order valence-electron chi connectivity index (χ3n) is 2.80. The highest BCUT2D eigenvalue weighted by Crippen LogP contribution is 2.07. The molecule has 0 radical (unpaired) electrons. The van der Waals surface area contributed by atoms with Crippen molar-refractivity contribution in [2.24, 2.45) is 0 Å². The molecule has 0 bridgehead atoms. The van der Waals surface area contributed by atoms with Gasteiger partial charge in [-0.1, -0.05) is 18.2 Å². The van der Waals surface area contributed by atoms with Gasteiger partial charge in [-0.2, -0.15) is 5.23 Å². The fourth-order valence-corrected chi connectivity index (χ4v) is 1.67. The van der Waals surface area contributed by atoms with Crippen molar-refractivity contribution < 1.29 is 24.8 Å². The molecule has 2 N–H and O–H groups in total. The maximum absolute atomic E-state index is 11.8. The van der Waals surface area contributed by atoms with Crippen molar-refractivity contribution in [3.8, 4) is 0 Å². The Morgan fingerprint density at radius 2 is 1.62 bits per heavy atom. The lowest BCUT2D eigenvalue weighted by Crippen LogP contribution is -2.99. The van der Waals surface area contributed by atoms with E-state index in [1.165, 1.54) is 24.3 Å². The molecule has 0 saturated heterocycles. The van der Waals surface area contributed by atoms with E-state index in [1.807, 2.05) is 0 Å². The summed E-state index contributed by atoms with van der Waals surface area (Å²) in [5.74, 6) is -0.970. The molecule has 0 aliphatic carbocycles. The van der Waals surface area contributed by atoms with Gasteiger partial charge in [0.1, 0.15) is 0 Å². The molecule has 0 amide bonds. The minimum atomic E-state index is -1.07. The highest BCUT2D eigenvalue weighted by Gasteiger charge is 2.12. The van der Waals surface area contributed by atoms with E-state index in [1.54, 1.807) is 30.3 Å². The molecule has 1 unspecified atom stereocenters. The Labute approximate surface area is 120 Å². The molecule has 0 aromatic heterocycles. The van der Waals surface area contributed by atoms with Gasteiger partial charge >= 0.3 is 5.97 Å². The minimum Gasteiger partial charge on any atom is -0.595 e. The second kappa shape index (κ2) is 6.76. The van der Waals surface area contributed by atoms with Gasteiger partial charge in [-0.15, -0.1) is 0 Å². The van der Waals surface area contributed by atoms with Crippen LogP contribution in [-0.2, 0) is 4.74 Å². The summed E-state index contributed by atoms with van der Waals surface area (Å²) in [4.78, 5) is 23.5. The summed E-state index contributed by atoms with van der Waals surface area (Å²) in [6, 6.07) is 13.8. The van der Waals surface area contributed by atoms with Crippen LogP contribution in [0, 0.1) is 5.21 Å². The van der Waals surface area contributed by atoms with E-state index < -0.39 is 17.0 Å². The lowest BCUT2D eigenvalue weighted by atomic mass is 10.1. The zero-order valence-electron chi connectivity index (χ0n) is 11.0. The first-order chi connectivity index (χ1) is 10.1. The first-order valence-corrected chi connectivity index (χ1v) is 6.16. The molecule has 0 aliphatic heterocycles. The van der Waals surface area contributed by atoms with Crippen molar-refractivity contribution in [1.29, 1.82) is 0 Å². The molecule has 1 atom stereocenters. The number of esters is 1. The standard InChI is InChI=1S/C15H13NO5/c17-14(11-6-8-13(9-7-11)16(19)20)10-21-15(18)12-4-2-1-3-5-12/h1-9,16,19H,10H2. The predicted molar refractivity (Wildman–Crippen MR) is 73.3 cm³/mol. The quantitative estimate of drug-likeness (QED) is 0.488. The number of carbonyl (C=O) groups excluding carboxylic acids is 2. The van der Waals surface area contributed by atoms with Crippen molar-refractivity contribution in [3.63, 3.8) is 0 Å². The van der Waals surface area contributed by atoms with Gasteiger partial charge in [-0.3, -0.25) is 4.79 Å². The number of hydrogen-bond donors (Lipinski definition) is 2. The van der Waals surface area contributed by atoms with Gasteiger partial charge in [0.25, 0.3) is 0 Å². The summed E-state index contributed by atoms with van der Waals surface area (Å²) in [6.07, 6.45) is 0. The number of rotatable bonds is 5. The molecule has 2 aromatic rings. The van der Waals surface area contributed by atoms with Crippen LogP contribution in [0.15, 0.2) is 54.6 Å². The van der Waals surface area contributed by atoms with Crippen LogP contribution in [0.25, 0.3) is 0 Å². The van der Waals surface area contributed by atoms with Crippen molar-refractivity contribution in [1.82, 2.24) is 0 Å². The molecule has 6 heteroatoms. The second-order valence-corrected chi connectivity index (χ2v) is 4.25. The molecule has 21 heavy (non-hydrogen) atoms. The maximum Gasteiger partial charge on any atom is 0.338 e. The Hall–Kier alpha value is -2.54. The first-order valence-electron chi connectivity index (χ1n) is 6.16. The van der Waals surface area contributed by atoms with E-state index >= 15 is 0 Å². The van der Waals surface area contributed by atoms with Crippen LogP contribution in [0.1, 0.15) is 20.7 Å². The monoisotopic (exact) mass is 287 g/mol. The molecular formula is C15H13NO5. The van der Waals surface area contributed by atoms with E-state index in [0.717, 1.165) is 0 Å².